The Morgan fingerprint density at radius 3 is 3.00 bits per heavy atom. The van der Waals surface area contributed by atoms with Crippen molar-refractivity contribution in [1.82, 2.24) is 14.6 Å². The van der Waals surface area contributed by atoms with E-state index in [0.29, 0.717) is 6.42 Å². The summed E-state index contributed by atoms with van der Waals surface area (Å²) in [4.78, 5) is 16.7. The van der Waals surface area contributed by atoms with E-state index in [9.17, 15) is 4.79 Å². The monoisotopic (exact) mass is 277 g/mol. The predicted molar refractivity (Wildman–Crippen MR) is 79.6 cm³/mol. The molecule has 4 nitrogen and oxygen atoms in total. The Morgan fingerprint density at radius 1 is 1.24 bits per heavy atom. The van der Waals surface area contributed by atoms with Crippen molar-refractivity contribution < 1.29 is 4.79 Å². The summed E-state index contributed by atoms with van der Waals surface area (Å²) >= 11 is 0. The standard InChI is InChI=1S/C17H15N3O/c1-11-3-2-4-12(7-11)13-8-15-14(16(21)9-13)10-18-17-5-6-19-20(15)17/h2-7,10,13H,8-9H2,1H3. The van der Waals surface area contributed by atoms with Crippen LogP contribution in [0.25, 0.3) is 5.65 Å². The molecule has 0 amide bonds. The largest absolute Gasteiger partial charge is 0.294 e. The van der Waals surface area contributed by atoms with Crippen molar-refractivity contribution in [3.63, 3.8) is 0 Å². The van der Waals surface area contributed by atoms with E-state index in [4.69, 9.17) is 0 Å². The highest BCUT2D eigenvalue weighted by molar-refractivity contribution is 5.98. The summed E-state index contributed by atoms with van der Waals surface area (Å²) in [5.74, 6) is 0.382. The minimum Gasteiger partial charge on any atom is -0.294 e. The van der Waals surface area contributed by atoms with Crippen LogP contribution in [0.15, 0.2) is 42.7 Å². The molecule has 1 aromatic carbocycles. The number of fused-ring (bicyclic) bond motifs is 3. The molecule has 0 saturated carbocycles. The SMILES string of the molecule is Cc1cccc(C2CC(=O)c3cnc4ccnn4c3C2)c1. The number of aromatic nitrogens is 3. The van der Waals surface area contributed by atoms with Crippen LogP contribution < -0.4 is 0 Å². The second kappa shape index (κ2) is 4.52. The first kappa shape index (κ1) is 12.3. The first-order valence-electron chi connectivity index (χ1n) is 7.14. The lowest BCUT2D eigenvalue weighted by molar-refractivity contribution is 0.0962. The van der Waals surface area contributed by atoms with Gasteiger partial charge in [-0.1, -0.05) is 29.8 Å². The molecule has 104 valence electrons. The molecule has 2 heterocycles. The molecule has 3 aromatic rings. The second-order valence-corrected chi connectivity index (χ2v) is 5.66. The highest BCUT2D eigenvalue weighted by Crippen LogP contribution is 2.32. The molecular formula is C17H15N3O. The number of benzene rings is 1. The molecule has 0 bridgehead atoms. The molecule has 0 radical (unpaired) electrons. The van der Waals surface area contributed by atoms with Crippen LogP contribution in [0.2, 0.25) is 0 Å². The van der Waals surface area contributed by atoms with Crippen LogP contribution in [0.1, 0.15) is 39.5 Å². The smallest absolute Gasteiger partial charge is 0.166 e. The van der Waals surface area contributed by atoms with E-state index in [-0.39, 0.29) is 11.7 Å². The quantitative estimate of drug-likeness (QED) is 0.687. The summed E-state index contributed by atoms with van der Waals surface area (Å²) in [6.07, 6.45) is 4.79. The van der Waals surface area contributed by atoms with Crippen LogP contribution in [-0.4, -0.2) is 20.4 Å². The normalized spacial score (nSPS) is 18.0. The molecule has 1 aliphatic rings. The lowest BCUT2D eigenvalue weighted by Crippen LogP contribution is -2.22. The molecule has 4 rings (SSSR count). The lowest BCUT2D eigenvalue weighted by Gasteiger charge is -2.24. The number of hydrogen-bond acceptors (Lipinski definition) is 3. The van der Waals surface area contributed by atoms with Crippen LogP contribution in [0.4, 0.5) is 0 Å². The molecule has 0 fully saturated rings. The van der Waals surface area contributed by atoms with Gasteiger partial charge in [0.15, 0.2) is 11.4 Å². The van der Waals surface area contributed by atoms with Crippen molar-refractivity contribution in [2.75, 3.05) is 0 Å². The molecule has 2 aromatic heterocycles. The number of hydrogen-bond donors (Lipinski definition) is 0. The van der Waals surface area contributed by atoms with Gasteiger partial charge in [-0.2, -0.15) is 5.10 Å². The number of nitrogens with zero attached hydrogens (tertiary/aromatic N) is 3. The van der Waals surface area contributed by atoms with Crippen molar-refractivity contribution in [2.45, 2.75) is 25.7 Å². The second-order valence-electron chi connectivity index (χ2n) is 5.66. The lowest BCUT2D eigenvalue weighted by atomic mass is 9.82. The fourth-order valence-electron chi connectivity index (χ4n) is 3.15. The maximum atomic E-state index is 12.4. The van der Waals surface area contributed by atoms with E-state index in [0.717, 1.165) is 23.3 Å². The molecule has 0 spiro atoms. The minimum atomic E-state index is 0.160. The van der Waals surface area contributed by atoms with E-state index < -0.39 is 0 Å². The highest BCUT2D eigenvalue weighted by Gasteiger charge is 2.28. The Bertz CT molecular complexity index is 850. The number of Topliss-reactive ketones (excluding diaryl/α,β-unsaturated/α-hetero) is 1. The zero-order valence-electron chi connectivity index (χ0n) is 11.8. The third-order valence-electron chi connectivity index (χ3n) is 4.20. The van der Waals surface area contributed by atoms with Crippen molar-refractivity contribution in [2.24, 2.45) is 0 Å². The maximum Gasteiger partial charge on any atom is 0.166 e. The minimum absolute atomic E-state index is 0.160. The summed E-state index contributed by atoms with van der Waals surface area (Å²) < 4.78 is 1.80. The van der Waals surface area contributed by atoms with E-state index >= 15 is 0 Å². The summed E-state index contributed by atoms with van der Waals surface area (Å²) in [5, 5.41) is 4.31. The molecule has 0 aliphatic heterocycles. The van der Waals surface area contributed by atoms with Gasteiger partial charge in [0.05, 0.1) is 17.5 Å². The van der Waals surface area contributed by atoms with Gasteiger partial charge in [-0.05, 0) is 24.8 Å². The number of ketones is 1. The Labute approximate surface area is 122 Å². The zero-order chi connectivity index (χ0) is 14.4. The topological polar surface area (TPSA) is 47.3 Å². The van der Waals surface area contributed by atoms with Gasteiger partial charge in [0.25, 0.3) is 0 Å². The number of rotatable bonds is 1. The van der Waals surface area contributed by atoms with Crippen molar-refractivity contribution in [3.8, 4) is 0 Å². The van der Waals surface area contributed by atoms with Crippen molar-refractivity contribution >= 4 is 11.4 Å². The Morgan fingerprint density at radius 2 is 2.14 bits per heavy atom. The van der Waals surface area contributed by atoms with Crippen LogP contribution in [0.5, 0.6) is 0 Å². The fraction of sp³-hybridized carbons (Fsp3) is 0.235. The average Bonchev–Trinajstić information content (AvgIpc) is 2.96. The number of aryl methyl sites for hydroxylation is 1. The molecule has 21 heavy (non-hydrogen) atoms. The van der Waals surface area contributed by atoms with Gasteiger partial charge in [0.1, 0.15) is 0 Å². The average molecular weight is 277 g/mol. The zero-order valence-corrected chi connectivity index (χ0v) is 11.8. The summed E-state index contributed by atoms with van der Waals surface area (Å²) in [5.41, 5.74) is 4.95. The van der Waals surface area contributed by atoms with E-state index in [2.05, 4.69) is 41.3 Å². The molecular weight excluding hydrogens is 262 g/mol. The molecule has 1 unspecified atom stereocenters. The molecule has 1 atom stereocenters. The first-order chi connectivity index (χ1) is 10.2. The highest BCUT2D eigenvalue weighted by atomic mass is 16.1. The van der Waals surface area contributed by atoms with Crippen molar-refractivity contribution in [1.29, 1.82) is 0 Å². The summed E-state index contributed by atoms with van der Waals surface area (Å²) in [6, 6.07) is 10.3. The van der Waals surface area contributed by atoms with Gasteiger partial charge >= 0.3 is 0 Å². The number of carbonyl (C=O) groups is 1. The summed E-state index contributed by atoms with van der Waals surface area (Å²) in [6.45, 7) is 2.08. The predicted octanol–water partition coefficient (Wildman–Crippen LogP) is 2.95. The number of carbonyl (C=O) groups excluding carboxylic acids is 1. The molecule has 4 heteroatoms. The first-order valence-corrected chi connectivity index (χ1v) is 7.14. The fourth-order valence-corrected chi connectivity index (χ4v) is 3.15. The molecule has 1 aliphatic carbocycles. The van der Waals surface area contributed by atoms with Gasteiger partial charge in [-0.15, -0.1) is 0 Å². The maximum absolute atomic E-state index is 12.4. The van der Waals surface area contributed by atoms with Crippen LogP contribution in [0.3, 0.4) is 0 Å². The third-order valence-corrected chi connectivity index (χ3v) is 4.20. The molecule has 0 saturated heterocycles. The van der Waals surface area contributed by atoms with Gasteiger partial charge in [0.2, 0.25) is 0 Å². The summed E-state index contributed by atoms with van der Waals surface area (Å²) in [7, 11) is 0. The van der Waals surface area contributed by atoms with Gasteiger partial charge in [-0.3, -0.25) is 4.79 Å². The third kappa shape index (κ3) is 1.95. The van der Waals surface area contributed by atoms with Crippen LogP contribution in [-0.2, 0) is 6.42 Å². The van der Waals surface area contributed by atoms with E-state index in [1.165, 1.54) is 11.1 Å². The van der Waals surface area contributed by atoms with Crippen LogP contribution in [0, 0.1) is 6.92 Å². The Kier molecular flexibility index (Phi) is 2.64. The Balaban J connectivity index is 1.83. The Hall–Kier alpha value is -2.49. The molecule has 0 N–H and O–H groups in total. The van der Waals surface area contributed by atoms with Gasteiger partial charge < -0.3 is 0 Å². The van der Waals surface area contributed by atoms with Crippen molar-refractivity contribution in [3.05, 3.63) is 65.1 Å². The van der Waals surface area contributed by atoms with E-state index in [1.54, 1.807) is 16.9 Å². The van der Waals surface area contributed by atoms with Gasteiger partial charge in [-0.25, -0.2) is 9.50 Å². The van der Waals surface area contributed by atoms with E-state index in [1.807, 2.05) is 6.07 Å². The van der Waals surface area contributed by atoms with Crippen LogP contribution >= 0.6 is 0 Å². The van der Waals surface area contributed by atoms with Gasteiger partial charge in [0, 0.05) is 18.7 Å².